The molecule has 4 rings (SSSR count). The SMILES string of the molecule is Brc1ccc(-n2c3ccccc3c3ccc(Br)cc32)nc1. The van der Waals surface area contributed by atoms with E-state index in [0.717, 1.165) is 20.3 Å². The minimum Gasteiger partial charge on any atom is -0.294 e. The summed E-state index contributed by atoms with van der Waals surface area (Å²) in [6, 6.07) is 18.8. The van der Waals surface area contributed by atoms with E-state index in [2.05, 4.69) is 83.9 Å². The number of aromatic nitrogens is 2. The van der Waals surface area contributed by atoms with Gasteiger partial charge in [0.25, 0.3) is 0 Å². The van der Waals surface area contributed by atoms with Crippen molar-refractivity contribution >= 4 is 53.7 Å². The number of rotatable bonds is 1. The van der Waals surface area contributed by atoms with Crippen LogP contribution in [0.1, 0.15) is 0 Å². The van der Waals surface area contributed by atoms with Crippen LogP contribution in [0.4, 0.5) is 0 Å². The van der Waals surface area contributed by atoms with E-state index in [4.69, 9.17) is 0 Å². The number of benzene rings is 2. The first-order chi connectivity index (χ1) is 10.2. The molecule has 0 saturated carbocycles. The lowest BCUT2D eigenvalue weighted by Gasteiger charge is -2.06. The monoisotopic (exact) mass is 400 g/mol. The molecule has 0 aliphatic rings. The molecule has 0 atom stereocenters. The zero-order chi connectivity index (χ0) is 14.4. The number of nitrogens with zero attached hydrogens (tertiary/aromatic N) is 2. The van der Waals surface area contributed by atoms with Crippen LogP contribution in [-0.2, 0) is 0 Å². The average Bonchev–Trinajstić information content (AvgIpc) is 2.82. The Morgan fingerprint density at radius 1 is 0.762 bits per heavy atom. The summed E-state index contributed by atoms with van der Waals surface area (Å²) in [5.74, 6) is 0.919. The van der Waals surface area contributed by atoms with Crippen LogP contribution in [0.5, 0.6) is 0 Å². The van der Waals surface area contributed by atoms with Gasteiger partial charge in [-0.15, -0.1) is 0 Å². The van der Waals surface area contributed by atoms with Gasteiger partial charge in [0.2, 0.25) is 0 Å². The number of hydrogen-bond donors (Lipinski definition) is 0. The lowest BCUT2D eigenvalue weighted by Crippen LogP contribution is -1.96. The average molecular weight is 402 g/mol. The molecule has 21 heavy (non-hydrogen) atoms. The molecule has 0 saturated heterocycles. The first kappa shape index (κ1) is 13.0. The van der Waals surface area contributed by atoms with Crippen LogP contribution in [0.2, 0.25) is 0 Å². The Labute approximate surface area is 138 Å². The highest BCUT2D eigenvalue weighted by molar-refractivity contribution is 9.10. The van der Waals surface area contributed by atoms with Crippen LogP contribution in [0, 0.1) is 0 Å². The standard InChI is InChI=1S/C17H10Br2N2/c18-11-5-7-14-13-3-1-2-4-15(13)21(16(14)9-11)17-8-6-12(19)10-20-17/h1-10H. The van der Waals surface area contributed by atoms with Crippen molar-refractivity contribution in [2.45, 2.75) is 0 Å². The predicted molar refractivity (Wildman–Crippen MR) is 94.0 cm³/mol. The van der Waals surface area contributed by atoms with Gasteiger partial charge in [-0.25, -0.2) is 4.98 Å². The molecular formula is C17H10Br2N2. The molecule has 0 radical (unpaired) electrons. The van der Waals surface area contributed by atoms with E-state index in [1.165, 1.54) is 16.3 Å². The van der Waals surface area contributed by atoms with Crippen LogP contribution in [0.15, 0.2) is 69.7 Å². The molecule has 0 N–H and O–H groups in total. The van der Waals surface area contributed by atoms with Gasteiger partial charge >= 0.3 is 0 Å². The fraction of sp³-hybridized carbons (Fsp3) is 0. The highest BCUT2D eigenvalue weighted by Crippen LogP contribution is 2.33. The largest absolute Gasteiger partial charge is 0.294 e. The Morgan fingerprint density at radius 3 is 2.33 bits per heavy atom. The summed E-state index contributed by atoms with van der Waals surface area (Å²) in [6.07, 6.45) is 1.83. The minimum atomic E-state index is 0.919. The maximum atomic E-state index is 4.55. The second-order valence-corrected chi connectivity index (χ2v) is 6.68. The van der Waals surface area contributed by atoms with Gasteiger partial charge in [0.15, 0.2) is 0 Å². The molecule has 2 nitrogen and oxygen atoms in total. The Balaban J connectivity index is 2.18. The molecule has 4 heteroatoms. The number of para-hydroxylation sites is 1. The molecule has 0 bridgehead atoms. The summed E-state index contributed by atoms with van der Waals surface area (Å²) in [7, 11) is 0. The molecule has 2 aromatic heterocycles. The van der Waals surface area contributed by atoms with Crippen LogP contribution in [-0.4, -0.2) is 9.55 Å². The van der Waals surface area contributed by atoms with Crippen molar-refractivity contribution in [1.29, 1.82) is 0 Å². The van der Waals surface area contributed by atoms with Gasteiger partial charge in [-0.05, 0) is 46.3 Å². The molecule has 4 aromatic rings. The van der Waals surface area contributed by atoms with Crippen LogP contribution in [0.25, 0.3) is 27.6 Å². The predicted octanol–water partition coefficient (Wildman–Crippen LogP) is 5.70. The smallest absolute Gasteiger partial charge is 0.137 e. The van der Waals surface area contributed by atoms with Gasteiger partial charge in [0.05, 0.1) is 11.0 Å². The number of hydrogen-bond acceptors (Lipinski definition) is 1. The highest BCUT2D eigenvalue weighted by atomic mass is 79.9. The van der Waals surface area contributed by atoms with E-state index in [9.17, 15) is 0 Å². The molecule has 0 aliphatic carbocycles. The van der Waals surface area contributed by atoms with Crippen molar-refractivity contribution in [2.75, 3.05) is 0 Å². The number of fused-ring (bicyclic) bond motifs is 3. The third-order valence-electron chi connectivity index (χ3n) is 3.58. The summed E-state index contributed by atoms with van der Waals surface area (Å²) >= 11 is 7.01. The topological polar surface area (TPSA) is 17.8 Å². The lowest BCUT2D eigenvalue weighted by atomic mass is 10.2. The fourth-order valence-electron chi connectivity index (χ4n) is 2.69. The van der Waals surface area contributed by atoms with Crippen molar-refractivity contribution < 1.29 is 0 Å². The highest BCUT2D eigenvalue weighted by Gasteiger charge is 2.12. The van der Waals surface area contributed by atoms with Crippen molar-refractivity contribution in [3.63, 3.8) is 0 Å². The zero-order valence-corrected chi connectivity index (χ0v) is 14.1. The third kappa shape index (κ3) is 2.10. The van der Waals surface area contributed by atoms with Gasteiger partial charge in [-0.3, -0.25) is 4.57 Å². The van der Waals surface area contributed by atoms with E-state index in [-0.39, 0.29) is 0 Å². The first-order valence-electron chi connectivity index (χ1n) is 6.55. The van der Waals surface area contributed by atoms with Gasteiger partial charge in [-0.2, -0.15) is 0 Å². The molecule has 0 fully saturated rings. The summed E-state index contributed by atoms with van der Waals surface area (Å²) < 4.78 is 4.24. The molecule has 2 aromatic carbocycles. The van der Waals surface area contributed by atoms with Crippen LogP contribution >= 0.6 is 31.9 Å². The molecule has 0 spiro atoms. The molecule has 0 unspecified atom stereocenters. The quantitative estimate of drug-likeness (QED) is 0.399. The Morgan fingerprint density at radius 2 is 1.52 bits per heavy atom. The van der Waals surface area contributed by atoms with E-state index < -0.39 is 0 Å². The van der Waals surface area contributed by atoms with Crippen molar-refractivity contribution in [1.82, 2.24) is 9.55 Å². The summed E-state index contributed by atoms with van der Waals surface area (Å²) in [6.45, 7) is 0. The van der Waals surface area contributed by atoms with Gasteiger partial charge in [0, 0.05) is 25.9 Å². The zero-order valence-electron chi connectivity index (χ0n) is 10.9. The van der Waals surface area contributed by atoms with E-state index in [1.807, 2.05) is 18.3 Å². The molecule has 0 amide bonds. The normalized spacial score (nSPS) is 11.3. The summed E-state index contributed by atoms with van der Waals surface area (Å²) in [5.41, 5.74) is 2.32. The van der Waals surface area contributed by atoms with Crippen molar-refractivity contribution in [2.24, 2.45) is 0 Å². The Bertz CT molecular complexity index is 956. The molecule has 102 valence electrons. The lowest BCUT2D eigenvalue weighted by molar-refractivity contribution is 1.08. The maximum Gasteiger partial charge on any atom is 0.137 e. The van der Waals surface area contributed by atoms with Crippen molar-refractivity contribution in [3.05, 3.63) is 69.7 Å². The van der Waals surface area contributed by atoms with E-state index >= 15 is 0 Å². The molecular weight excluding hydrogens is 392 g/mol. The third-order valence-corrected chi connectivity index (χ3v) is 4.54. The minimum absolute atomic E-state index is 0.919. The van der Waals surface area contributed by atoms with Gasteiger partial charge < -0.3 is 0 Å². The van der Waals surface area contributed by atoms with Crippen molar-refractivity contribution in [3.8, 4) is 5.82 Å². The number of halogens is 2. The van der Waals surface area contributed by atoms with E-state index in [1.54, 1.807) is 0 Å². The summed E-state index contributed by atoms with van der Waals surface area (Å²) in [4.78, 5) is 4.55. The number of pyridine rings is 1. The van der Waals surface area contributed by atoms with E-state index in [0.29, 0.717) is 0 Å². The maximum absolute atomic E-state index is 4.55. The van der Waals surface area contributed by atoms with Crippen LogP contribution < -0.4 is 0 Å². The molecule has 0 aliphatic heterocycles. The van der Waals surface area contributed by atoms with Gasteiger partial charge in [0.1, 0.15) is 5.82 Å². The first-order valence-corrected chi connectivity index (χ1v) is 8.13. The second kappa shape index (κ2) is 4.97. The second-order valence-electron chi connectivity index (χ2n) is 4.85. The van der Waals surface area contributed by atoms with Crippen LogP contribution in [0.3, 0.4) is 0 Å². The summed E-state index contributed by atoms with van der Waals surface area (Å²) in [5, 5.41) is 2.48. The molecule has 2 heterocycles. The van der Waals surface area contributed by atoms with Gasteiger partial charge in [-0.1, -0.05) is 40.2 Å². The fourth-order valence-corrected chi connectivity index (χ4v) is 3.27. The Hall–Kier alpha value is -1.65. The Kier molecular flexibility index (Phi) is 3.08.